The lowest BCUT2D eigenvalue weighted by atomic mass is 10.0. The standard InChI is InChI=1S/C13H15N5O/c19-13-17-16-9-4-8(14-5-18(9)13)15-12-10-6-1-2-7(3-6)11(10)12/h4-7,10-12,15H,1-3H2,(H,17,19). The van der Waals surface area contributed by atoms with Crippen molar-refractivity contribution in [3.05, 3.63) is 22.9 Å². The molecule has 5 rings (SSSR count). The minimum atomic E-state index is -0.240. The fourth-order valence-corrected chi connectivity index (χ4v) is 4.58. The minimum Gasteiger partial charge on any atom is -0.367 e. The summed E-state index contributed by atoms with van der Waals surface area (Å²) in [5.74, 6) is 4.48. The van der Waals surface area contributed by atoms with E-state index in [-0.39, 0.29) is 5.69 Å². The molecular formula is C13H15N5O. The Kier molecular flexibility index (Phi) is 1.67. The van der Waals surface area contributed by atoms with E-state index in [2.05, 4.69) is 20.5 Å². The Balaban J connectivity index is 1.43. The number of hydrogen-bond acceptors (Lipinski definition) is 4. The number of nitrogens with zero attached hydrogens (tertiary/aromatic N) is 3. The van der Waals surface area contributed by atoms with Gasteiger partial charge in [-0.2, -0.15) is 5.10 Å². The van der Waals surface area contributed by atoms with Gasteiger partial charge in [0.05, 0.1) is 0 Å². The third kappa shape index (κ3) is 1.24. The maximum Gasteiger partial charge on any atom is 0.348 e. The van der Waals surface area contributed by atoms with Crippen LogP contribution < -0.4 is 11.0 Å². The highest BCUT2D eigenvalue weighted by molar-refractivity contribution is 5.50. The Hall–Kier alpha value is -1.85. The number of aromatic amines is 1. The SMILES string of the molecule is O=c1[nH]nc2cc(NC3C4C5CCC(C5)C34)ncn12. The van der Waals surface area contributed by atoms with Crippen molar-refractivity contribution in [3.8, 4) is 0 Å². The fraction of sp³-hybridized carbons (Fsp3) is 0.615. The summed E-state index contributed by atoms with van der Waals surface area (Å²) >= 11 is 0. The van der Waals surface area contributed by atoms with Crippen molar-refractivity contribution in [1.82, 2.24) is 19.6 Å². The quantitative estimate of drug-likeness (QED) is 0.837. The van der Waals surface area contributed by atoms with Gasteiger partial charge in [-0.15, -0.1) is 0 Å². The summed E-state index contributed by atoms with van der Waals surface area (Å²) in [6.07, 6.45) is 5.83. The van der Waals surface area contributed by atoms with E-state index in [4.69, 9.17) is 0 Å². The minimum absolute atomic E-state index is 0.240. The van der Waals surface area contributed by atoms with E-state index in [1.54, 1.807) is 0 Å². The molecule has 2 aromatic rings. The zero-order chi connectivity index (χ0) is 12.6. The molecule has 2 aromatic heterocycles. The molecule has 0 radical (unpaired) electrons. The molecule has 6 nitrogen and oxygen atoms in total. The Morgan fingerprint density at radius 1 is 1.32 bits per heavy atom. The highest BCUT2D eigenvalue weighted by Crippen LogP contribution is 2.66. The second-order valence-corrected chi connectivity index (χ2v) is 6.19. The third-order valence-corrected chi connectivity index (χ3v) is 5.36. The van der Waals surface area contributed by atoms with E-state index >= 15 is 0 Å². The summed E-state index contributed by atoms with van der Waals surface area (Å²) in [6.45, 7) is 0. The smallest absolute Gasteiger partial charge is 0.348 e. The Bertz CT molecular complexity index is 703. The normalized spacial score (nSPS) is 38.6. The summed E-state index contributed by atoms with van der Waals surface area (Å²) in [5.41, 5.74) is 0.381. The van der Waals surface area contributed by atoms with Gasteiger partial charge in [-0.1, -0.05) is 0 Å². The van der Waals surface area contributed by atoms with Crippen molar-refractivity contribution in [3.63, 3.8) is 0 Å². The van der Waals surface area contributed by atoms with Gasteiger partial charge in [-0.25, -0.2) is 19.3 Å². The highest BCUT2D eigenvalue weighted by Gasteiger charge is 2.65. The van der Waals surface area contributed by atoms with Crippen LogP contribution in [0.3, 0.4) is 0 Å². The molecule has 3 saturated carbocycles. The molecule has 4 unspecified atom stereocenters. The zero-order valence-corrected chi connectivity index (χ0v) is 10.4. The molecule has 0 amide bonds. The number of H-pyrrole nitrogens is 1. The number of fused-ring (bicyclic) bond motifs is 6. The van der Waals surface area contributed by atoms with Crippen LogP contribution in [0.15, 0.2) is 17.2 Å². The van der Waals surface area contributed by atoms with Gasteiger partial charge in [0.25, 0.3) is 0 Å². The first-order chi connectivity index (χ1) is 9.31. The first-order valence-corrected chi connectivity index (χ1v) is 7.00. The summed E-state index contributed by atoms with van der Waals surface area (Å²) < 4.78 is 1.42. The number of nitrogens with one attached hydrogen (secondary N) is 2. The molecule has 0 aromatic carbocycles. The molecule has 0 spiro atoms. The largest absolute Gasteiger partial charge is 0.367 e. The van der Waals surface area contributed by atoms with Gasteiger partial charge in [0.1, 0.15) is 12.1 Å². The topological polar surface area (TPSA) is 75.1 Å². The Morgan fingerprint density at radius 2 is 2.11 bits per heavy atom. The third-order valence-electron chi connectivity index (χ3n) is 5.36. The average Bonchev–Trinajstić information content (AvgIpc) is 2.81. The monoisotopic (exact) mass is 257 g/mol. The van der Waals surface area contributed by atoms with E-state index in [1.807, 2.05) is 6.07 Å². The number of rotatable bonds is 2. The number of hydrogen-bond donors (Lipinski definition) is 2. The lowest BCUT2D eigenvalue weighted by Crippen LogP contribution is -2.15. The van der Waals surface area contributed by atoms with Crippen LogP contribution >= 0.6 is 0 Å². The van der Waals surface area contributed by atoms with E-state index < -0.39 is 0 Å². The van der Waals surface area contributed by atoms with Crippen molar-refractivity contribution in [2.24, 2.45) is 23.7 Å². The van der Waals surface area contributed by atoms with Crippen molar-refractivity contribution < 1.29 is 0 Å². The lowest BCUT2D eigenvalue weighted by Gasteiger charge is -2.10. The molecule has 19 heavy (non-hydrogen) atoms. The lowest BCUT2D eigenvalue weighted by molar-refractivity contribution is 0.456. The molecule has 2 bridgehead atoms. The number of aromatic nitrogens is 4. The van der Waals surface area contributed by atoms with Gasteiger partial charge in [0.2, 0.25) is 0 Å². The first-order valence-electron chi connectivity index (χ1n) is 7.00. The molecule has 3 aliphatic carbocycles. The van der Waals surface area contributed by atoms with Crippen LogP contribution in [-0.2, 0) is 0 Å². The van der Waals surface area contributed by atoms with E-state index in [0.29, 0.717) is 11.7 Å². The molecule has 0 saturated heterocycles. The van der Waals surface area contributed by atoms with Gasteiger partial charge in [0.15, 0.2) is 5.65 Å². The second kappa shape index (κ2) is 3.18. The van der Waals surface area contributed by atoms with E-state index in [9.17, 15) is 4.79 Å². The molecule has 3 fully saturated rings. The van der Waals surface area contributed by atoms with Gasteiger partial charge in [-0.05, 0) is 42.9 Å². The molecule has 4 atom stereocenters. The van der Waals surface area contributed by atoms with Crippen LogP contribution in [0.4, 0.5) is 5.82 Å². The molecule has 2 heterocycles. The number of anilines is 1. The van der Waals surface area contributed by atoms with Crippen molar-refractivity contribution in [2.75, 3.05) is 5.32 Å². The van der Waals surface area contributed by atoms with Gasteiger partial charge in [0, 0.05) is 12.1 Å². The van der Waals surface area contributed by atoms with Gasteiger partial charge in [-0.3, -0.25) is 0 Å². The van der Waals surface area contributed by atoms with Crippen LogP contribution in [0.25, 0.3) is 5.65 Å². The van der Waals surface area contributed by atoms with Gasteiger partial charge < -0.3 is 5.32 Å². The maximum atomic E-state index is 11.4. The fourth-order valence-electron chi connectivity index (χ4n) is 4.58. The summed E-state index contributed by atoms with van der Waals surface area (Å²) in [5, 5.41) is 9.93. The molecule has 3 aliphatic rings. The second-order valence-electron chi connectivity index (χ2n) is 6.19. The predicted molar refractivity (Wildman–Crippen MR) is 68.8 cm³/mol. The molecule has 2 N–H and O–H groups in total. The Labute approximate surface area is 109 Å². The highest BCUT2D eigenvalue weighted by atomic mass is 16.1. The van der Waals surface area contributed by atoms with Crippen molar-refractivity contribution in [1.29, 1.82) is 0 Å². The van der Waals surface area contributed by atoms with E-state index in [0.717, 1.165) is 29.5 Å². The predicted octanol–water partition coefficient (Wildman–Crippen LogP) is 0.874. The van der Waals surface area contributed by atoms with Crippen molar-refractivity contribution >= 4 is 11.5 Å². The van der Waals surface area contributed by atoms with Crippen LogP contribution in [0, 0.1) is 23.7 Å². The van der Waals surface area contributed by atoms with Crippen LogP contribution in [0.2, 0.25) is 0 Å². The van der Waals surface area contributed by atoms with Crippen LogP contribution in [0.5, 0.6) is 0 Å². The first kappa shape index (κ1) is 10.00. The maximum absolute atomic E-state index is 11.4. The van der Waals surface area contributed by atoms with Crippen LogP contribution in [-0.4, -0.2) is 25.6 Å². The van der Waals surface area contributed by atoms with Gasteiger partial charge >= 0.3 is 5.69 Å². The summed E-state index contributed by atoms with van der Waals surface area (Å²) in [4.78, 5) is 15.7. The van der Waals surface area contributed by atoms with Crippen LogP contribution in [0.1, 0.15) is 19.3 Å². The van der Waals surface area contributed by atoms with Crippen molar-refractivity contribution in [2.45, 2.75) is 25.3 Å². The zero-order valence-electron chi connectivity index (χ0n) is 10.4. The molecule has 98 valence electrons. The molecular weight excluding hydrogens is 242 g/mol. The van der Waals surface area contributed by atoms with E-state index in [1.165, 1.54) is 30.0 Å². The molecule has 6 heteroatoms. The summed E-state index contributed by atoms with van der Waals surface area (Å²) in [6, 6.07) is 2.44. The Morgan fingerprint density at radius 3 is 2.89 bits per heavy atom. The molecule has 0 aliphatic heterocycles. The summed E-state index contributed by atoms with van der Waals surface area (Å²) in [7, 11) is 0. The average molecular weight is 257 g/mol.